The van der Waals surface area contributed by atoms with E-state index in [1.54, 1.807) is 19.1 Å². The Morgan fingerprint density at radius 2 is 1.95 bits per heavy atom. The van der Waals surface area contributed by atoms with Gasteiger partial charge in [0.1, 0.15) is 0 Å². The molecule has 108 valence electrons. The van der Waals surface area contributed by atoms with Crippen molar-refractivity contribution in [1.82, 2.24) is 0 Å². The first-order valence-corrected chi connectivity index (χ1v) is 6.11. The topological polar surface area (TPSA) is 46.5 Å². The molecule has 0 spiro atoms. The maximum Gasteiger partial charge on any atom is 0.328 e. The van der Waals surface area contributed by atoms with Gasteiger partial charge in [-0.2, -0.15) is 0 Å². The molecule has 0 saturated heterocycles. The van der Waals surface area contributed by atoms with Crippen LogP contribution in [-0.4, -0.2) is 11.1 Å². The summed E-state index contributed by atoms with van der Waals surface area (Å²) < 4.78 is 32.9. The number of aliphatic carboxylic acids is 1. The minimum absolute atomic E-state index is 0.0669. The highest BCUT2D eigenvalue weighted by Gasteiger charge is 2.10. The van der Waals surface area contributed by atoms with Crippen LogP contribution < -0.4 is 4.74 Å². The van der Waals surface area contributed by atoms with Gasteiger partial charge in [-0.25, -0.2) is 13.6 Å². The lowest BCUT2D eigenvalue weighted by molar-refractivity contribution is -0.131. The first-order chi connectivity index (χ1) is 9.97. The van der Waals surface area contributed by atoms with E-state index < -0.39 is 17.6 Å². The molecule has 5 heteroatoms. The summed E-state index contributed by atoms with van der Waals surface area (Å²) in [6.45, 7) is 1.58. The SMILES string of the molecule is Cc1cccc(Oc2ccc(/C=C/C(=O)O)cc2F)c1F. The number of rotatable bonds is 4. The summed E-state index contributed by atoms with van der Waals surface area (Å²) in [4.78, 5) is 10.4. The van der Waals surface area contributed by atoms with Gasteiger partial charge in [-0.3, -0.25) is 0 Å². The van der Waals surface area contributed by atoms with Gasteiger partial charge >= 0.3 is 5.97 Å². The third-order valence-electron chi connectivity index (χ3n) is 2.75. The average molecular weight is 290 g/mol. The van der Waals surface area contributed by atoms with Gasteiger partial charge in [-0.05, 0) is 42.3 Å². The molecule has 21 heavy (non-hydrogen) atoms. The predicted octanol–water partition coefficient (Wildman–Crippen LogP) is 4.16. The Morgan fingerprint density at radius 3 is 2.62 bits per heavy atom. The lowest BCUT2D eigenvalue weighted by atomic mass is 10.2. The van der Waals surface area contributed by atoms with Gasteiger partial charge in [0.25, 0.3) is 0 Å². The highest BCUT2D eigenvalue weighted by Crippen LogP contribution is 2.28. The highest BCUT2D eigenvalue weighted by molar-refractivity contribution is 5.85. The molecule has 0 aromatic heterocycles. The number of hydrogen-bond acceptors (Lipinski definition) is 2. The Balaban J connectivity index is 2.25. The molecule has 0 aliphatic carbocycles. The van der Waals surface area contributed by atoms with E-state index in [-0.39, 0.29) is 11.5 Å². The number of carboxylic acids is 1. The predicted molar refractivity (Wildman–Crippen MR) is 74.3 cm³/mol. The van der Waals surface area contributed by atoms with Gasteiger partial charge < -0.3 is 9.84 Å². The number of aryl methyl sites for hydroxylation is 1. The lowest BCUT2D eigenvalue weighted by Gasteiger charge is -2.09. The van der Waals surface area contributed by atoms with Crippen molar-refractivity contribution >= 4 is 12.0 Å². The van der Waals surface area contributed by atoms with Crippen LogP contribution in [0.3, 0.4) is 0 Å². The summed E-state index contributed by atoms with van der Waals surface area (Å²) in [5, 5.41) is 8.50. The molecule has 0 bridgehead atoms. The summed E-state index contributed by atoms with van der Waals surface area (Å²) >= 11 is 0. The van der Waals surface area contributed by atoms with E-state index in [0.29, 0.717) is 11.1 Å². The monoisotopic (exact) mass is 290 g/mol. The minimum atomic E-state index is -1.13. The third-order valence-corrected chi connectivity index (χ3v) is 2.75. The van der Waals surface area contributed by atoms with Crippen molar-refractivity contribution in [1.29, 1.82) is 0 Å². The molecule has 2 aromatic rings. The molecule has 0 aliphatic rings. The summed E-state index contributed by atoms with van der Waals surface area (Å²) in [6.07, 6.45) is 2.15. The Kier molecular flexibility index (Phi) is 4.33. The zero-order valence-electron chi connectivity index (χ0n) is 11.1. The van der Waals surface area contributed by atoms with Crippen LogP contribution in [0.25, 0.3) is 6.08 Å². The normalized spacial score (nSPS) is 10.8. The largest absolute Gasteiger partial charge is 0.478 e. The summed E-state index contributed by atoms with van der Waals surface area (Å²) in [5.41, 5.74) is 0.765. The van der Waals surface area contributed by atoms with Crippen LogP contribution in [0.2, 0.25) is 0 Å². The lowest BCUT2D eigenvalue weighted by Crippen LogP contribution is -1.93. The Morgan fingerprint density at radius 1 is 1.19 bits per heavy atom. The van der Waals surface area contributed by atoms with Crippen LogP contribution in [0, 0.1) is 18.6 Å². The first kappa shape index (κ1) is 14.7. The average Bonchev–Trinajstić information content (AvgIpc) is 2.44. The van der Waals surface area contributed by atoms with Crippen LogP contribution in [-0.2, 0) is 4.79 Å². The van der Waals surface area contributed by atoms with Crippen LogP contribution in [0.15, 0.2) is 42.5 Å². The molecule has 0 amide bonds. The maximum atomic E-state index is 13.9. The molecule has 2 aromatic carbocycles. The van der Waals surface area contributed by atoms with E-state index in [9.17, 15) is 13.6 Å². The fourth-order valence-corrected chi connectivity index (χ4v) is 1.69. The van der Waals surface area contributed by atoms with Gasteiger partial charge in [0.15, 0.2) is 23.1 Å². The van der Waals surface area contributed by atoms with Crippen molar-refractivity contribution in [3.05, 3.63) is 65.2 Å². The quantitative estimate of drug-likeness (QED) is 0.860. The van der Waals surface area contributed by atoms with Crippen molar-refractivity contribution in [2.75, 3.05) is 0 Å². The van der Waals surface area contributed by atoms with E-state index in [2.05, 4.69) is 0 Å². The third kappa shape index (κ3) is 3.66. The Labute approximate surface area is 120 Å². The van der Waals surface area contributed by atoms with Crippen LogP contribution >= 0.6 is 0 Å². The zero-order chi connectivity index (χ0) is 15.4. The molecule has 0 aliphatic heterocycles. The van der Waals surface area contributed by atoms with Crippen molar-refractivity contribution in [3.63, 3.8) is 0 Å². The molecule has 2 rings (SSSR count). The molecule has 0 unspecified atom stereocenters. The van der Waals surface area contributed by atoms with E-state index >= 15 is 0 Å². The van der Waals surface area contributed by atoms with Crippen LogP contribution in [0.4, 0.5) is 8.78 Å². The number of halogens is 2. The van der Waals surface area contributed by atoms with Crippen molar-refractivity contribution in [2.45, 2.75) is 6.92 Å². The van der Waals surface area contributed by atoms with Crippen molar-refractivity contribution in [3.8, 4) is 11.5 Å². The van der Waals surface area contributed by atoms with Crippen LogP contribution in [0.5, 0.6) is 11.5 Å². The molecule has 0 radical (unpaired) electrons. The fraction of sp³-hybridized carbons (Fsp3) is 0.0625. The smallest absolute Gasteiger partial charge is 0.328 e. The van der Waals surface area contributed by atoms with E-state index in [1.165, 1.54) is 24.3 Å². The summed E-state index contributed by atoms with van der Waals surface area (Å²) in [6, 6.07) is 8.50. The second-order valence-electron chi connectivity index (χ2n) is 4.35. The first-order valence-electron chi connectivity index (χ1n) is 6.11. The standard InChI is InChI=1S/C16H12F2O3/c1-10-3-2-4-14(16(10)18)21-13-7-5-11(9-12(13)17)6-8-15(19)20/h2-9H,1H3,(H,19,20)/b8-6+. The van der Waals surface area contributed by atoms with E-state index in [0.717, 1.165) is 12.1 Å². The van der Waals surface area contributed by atoms with Gasteiger partial charge in [-0.1, -0.05) is 18.2 Å². The highest BCUT2D eigenvalue weighted by atomic mass is 19.1. The number of carboxylic acid groups (broad SMARTS) is 1. The Hall–Kier alpha value is -2.69. The number of ether oxygens (including phenoxy) is 1. The van der Waals surface area contributed by atoms with Gasteiger partial charge in [0, 0.05) is 6.08 Å². The molecular formula is C16H12F2O3. The second kappa shape index (κ2) is 6.17. The Bertz CT molecular complexity index is 709. The van der Waals surface area contributed by atoms with Crippen molar-refractivity contribution < 1.29 is 23.4 Å². The second-order valence-corrected chi connectivity index (χ2v) is 4.35. The van der Waals surface area contributed by atoms with Crippen molar-refractivity contribution in [2.24, 2.45) is 0 Å². The molecule has 0 atom stereocenters. The maximum absolute atomic E-state index is 13.9. The molecule has 1 N–H and O–H groups in total. The molecular weight excluding hydrogens is 278 g/mol. The van der Waals surface area contributed by atoms with Gasteiger partial charge in [0.2, 0.25) is 0 Å². The van der Waals surface area contributed by atoms with Gasteiger partial charge in [-0.15, -0.1) is 0 Å². The minimum Gasteiger partial charge on any atom is -0.478 e. The molecule has 0 saturated carbocycles. The zero-order valence-corrected chi connectivity index (χ0v) is 11.1. The van der Waals surface area contributed by atoms with E-state index in [4.69, 9.17) is 9.84 Å². The fourth-order valence-electron chi connectivity index (χ4n) is 1.69. The summed E-state index contributed by atoms with van der Waals surface area (Å²) in [7, 11) is 0. The number of carbonyl (C=O) groups is 1. The number of benzene rings is 2. The molecule has 0 heterocycles. The number of hydrogen-bond donors (Lipinski definition) is 1. The summed E-state index contributed by atoms with van der Waals surface area (Å²) in [5.74, 6) is -2.58. The molecule has 0 fully saturated rings. The van der Waals surface area contributed by atoms with Gasteiger partial charge in [0.05, 0.1) is 0 Å². The van der Waals surface area contributed by atoms with Crippen LogP contribution in [0.1, 0.15) is 11.1 Å². The van der Waals surface area contributed by atoms with E-state index in [1.807, 2.05) is 0 Å². The molecule has 3 nitrogen and oxygen atoms in total.